The lowest BCUT2D eigenvalue weighted by molar-refractivity contribution is -0.143. The van der Waals surface area contributed by atoms with E-state index in [1.165, 1.54) is 11.3 Å². The van der Waals surface area contributed by atoms with Crippen molar-refractivity contribution in [1.82, 2.24) is 10.2 Å². The smallest absolute Gasteiger partial charge is 0.242 e. The number of hydrogen-bond acceptors (Lipinski definition) is 4. The van der Waals surface area contributed by atoms with E-state index in [9.17, 15) is 14.7 Å². The fraction of sp³-hybridized carbons (Fsp3) is 0.647. The van der Waals surface area contributed by atoms with Gasteiger partial charge in [-0.1, -0.05) is 13.8 Å². The van der Waals surface area contributed by atoms with Crippen molar-refractivity contribution in [2.24, 2.45) is 5.92 Å². The van der Waals surface area contributed by atoms with E-state index in [-0.39, 0.29) is 18.4 Å². The third kappa shape index (κ3) is 5.04. The van der Waals surface area contributed by atoms with E-state index in [4.69, 9.17) is 0 Å². The summed E-state index contributed by atoms with van der Waals surface area (Å²) in [5, 5.41) is 16.7. The van der Waals surface area contributed by atoms with E-state index in [0.29, 0.717) is 25.3 Å². The second-order valence-corrected chi connectivity index (χ2v) is 7.29. The molecule has 23 heavy (non-hydrogen) atoms. The predicted molar refractivity (Wildman–Crippen MR) is 91.1 cm³/mol. The molecule has 0 saturated carbocycles. The molecule has 2 N–H and O–H groups in total. The summed E-state index contributed by atoms with van der Waals surface area (Å²) in [5.41, 5.74) is 0.810. The minimum atomic E-state index is -0.707. The number of piperidine rings is 1. The molecular weight excluding hydrogens is 312 g/mol. The Hall–Kier alpha value is -1.40. The second kappa shape index (κ2) is 8.45. The number of amides is 2. The summed E-state index contributed by atoms with van der Waals surface area (Å²) in [6, 6.07) is 1.42. The fourth-order valence-electron chi connectivity index (χ4n) is 2.88. The molecule has 128 valence electrons. The summed E-state index contributed by atoms with van der Waals surface area (Å²) in [6.45, 7) is 4.92. The maximum atomic E-state index is 12.6. The lowest BCUT2D eigenvalue weighted by Crippen LogP contribution is -2.52. The number of carbonyl (C=O) groups excluding carboxylic acids is 2. The van der Waals surface area contributed by atoms with Gasteiger partial charge in [-0.3, -0.25) is 9.59 Å². The molecule has 6 heteroatoms. The number of carbonyl (C=O) groups is 2. The zero-order valence-electron chi connectivity index (χ0n) is 13.8. The number of nitrogens with one attached hydrogen (secondary N) is 1. The highest BCUT2D eigenvalue weighted by Crippen LogP contribution is 2.20. The normalized spacial score (nSPS) is 18.1. The molecule has 1 aliphatic heterocycles. The summed E-state index contributed by atoms with van der Waals surface area (Å²) in [5.74, 6) is 0.223. The number of likely N-dealkylation sites (tertiary alicyclic amines) is 1. The van der Waals surface area contributed by atoms with Gasteiger partial charge in [0.2, 0.25) is 11.8 Å². The van der Waals surface area contributed by atoms with Crippen LogP contribution in [0.1, 0.15) is 51.2 Å². The molecule has 2 atom stereocenters. The predicted octanol–water partition coefficient (Wildman–Crippen LogP) is 2.32. The summed E-state index contributed by atoms with van der Waals surface area (Å²) < 4.78 is 0. The maximum Gasteiger partial charge on any atom is 0.242 e. The summed E-state index contributed by atoms with van der Waals surface area (Å²) in [7, 11) is 0. The van der Waals surface area contributed by atoms with Gasteiger partial charge in [0, 0.05) is 19.5 Å². The molecule has 0 aliphatic carbocycles. The van der Waals surface area contributed by atoms with Crippen molar-refractivity contribution in [3.63, 3.8) is 0 Å². The van der Waals surface area contributed by atoms with Gasteiger partial charge in [0.15, 0.2) is 0 Å². The Bertz CT molecular complexity index is 516. The average molecular weight is 338 g/mol. The number of nitrogens with zero attached hydrogens (tertiary/aromatic N) is 1. The highest BCUT2D eigenvalue weighted by atomic mass is 32.1. The number of rotatable bonds is 7. The molecule has 0 bridgehead atoms. The topological polar surface area (TPSA) is 69.6 Å². The van der Waals surface area contributed by atoms with Crippen molar-refractivity contribution in [2.45, 2.75) is 51.7 Å². The summed E-state index contributed by atoms with van der Waals surface area (Å²) in [6.07, 6.45) is 2.32. The van der Waals surface area contributed by atoms with Crippen LogP contribution in [0.25, 0.3) is 0 Å². The van der Waals surface area contributed by atoms with Gasteiger partial charge in [0.1, 0.15) is 6.04 Å². The van der Waals surface area contributed by atoms with Crippen molar-refractivity contribution in [3.05, 3.63) is 22.4 Å². The zero-order valence-corrected chi connectivity index (χ0v) is 14.6. The van der Waals surface area contributed by atoms with E-state index < -0.39 is 12.1 Å². The van der Waals surface area contributed by atoms with Gasteiger partial charge >= 0.3 is 0 Å². The van der Waals surface area contributed by atoms with Crippen LogP contribution in [-0.4, -0.2) is 41.0 Å². The Kier molecular flexibility index (Phi) is 6.59. The molecular formula is C17H26N2O3S. The molecule has 2 unspecified atom stereocenters. The zero-order chi connectivity index (χ0) is 16.8. The van der Waals surface area contributed by atoms with Gasteiger partial charge in [0.05, 0.1) is 6.10 Å². The van der Waals surface area contributed by atoms with Gasteiger partial charge in [-0.2, -0.15) is 11.3 Å². The molecule has 1 aliphatic rings. The molecule has 1 aromatic rings. The van der Waals surface area contributed by atoms with E-state index in [2.05, 4.69) is 19.2 Å². The van der Waals surface area contributed by atoms with Crippen LogP contribution in [0, 0.1) is 5.92 Å². The van der Waals surface area contributed by atoms with Gasteiger partial charge in [-0.25, -0.2) is 0 Å². The number of hydrogen-bond donors (Lipinski definition) is 2. The van der Waals surface area contributed by atoms with Gasteiger partial charge in [0.25, 0.3) is 0 Å². The van der Waals surface area contributed by atoms with Crippen LogP contribution in [0.3, 0.4) is 0 Å². The Labute approximate surface area is 141 Å². The van der Waals surface area contributed by atoms with Crippen molar-refractivity contribution in [3.8, 4) is 0 Å². The number of aliphatic hydroxyl groups excluding tert-OH is 1. The molecule has 1 saturated heterocycles. The Morgan fingerprint density at radius 2 is 2.22 bits per heavy atom. The van der Waals surface area contributed by atoms with E-state index >= 15 is 0 Å². The van der Waals surface area contributed by atoms with Crippen LogP contribution in [-0.2, 0) is 9.59 Å². The van der Waals surface area contributed by atoms with E-state index in [1.54, 1.807) is 4.90 Å². The van der Waals surface area contributed by atoms with E-state index in [0.717, 1.165) is 18.4 Å². The van der Waals surface area contributed by atoms with Crippen molar-refractivity contribution in [1.29, 1.82) is 0 Å². The van der Waals surface area contributed by atoms with Crippen LogP contribution in [0.5, 0.6) is 0 Å². The molecule has 1 fully saturated rings. The van der Waals surface area contributed by atoms with Gasteiger partial charge < -0.3 is 15.3 Å². The lowest BCUT2D eigenvalue weighted by Gasteiger charge is -2.34. The van der Waals surface area contributed by atoms with Crippen LogP contribution < -0.4 is 5.32 Å². The first-order valence-corrected chi connectivity index (χ1v) is 9.20. The van der Waals surface area contributed by atoms with Crippen molar-refractivity contribution < 1.29 is 14.7 Å². The molecule has 2 rings (SSSR count). The van der Waals surface area contributed by atoms with Crippen molar-refractivity contribution in [2.75, 3.05) is 13.1 Å². The second-order valence-electron chi connectivity index (χ2n) is 6.51. The SMILES string of the molecule is CC(C)CC(C(=O)NCC(O)c1ccsc1)N1CCCCC1=O. The summed E-state index contributed by atoms with van der Waals surface area (Å²) in [4.78, 5) is 26.4. The first kappa shape index (κ1) is 17.9. The highest BCUT2D eigenvalue weighted by molar-refractivity contribution is 7.07. The van der Waals surface area contributed by atoms with Crippen LogP contribution in [0.2, 0.25) is 0 Å². The Balaban J connectivity index is 1.97. The Morgan fingerprint density at radius 1 is 1.43 bits per heavy atom. The largest absolute Gasteiger partial charge is 0.387 e. The number of aliphatic hydroxyl groups is 1. The maximum absolute atomic E-state index is 12.6. The molecule has 2 amide bonds. The van der Waals surface area contributed by atoms with Gasteiger partial charge in [-0.05, 0) is 47.6 Å². The lowest BCUT2D eigenvalue weighted by atomic mass is 9.98. The fourth-order valence-corrected chi connectivity index (χ4v) is 3.58. The average Bonchev–Trinajstić information content (AvgIpc) is 3.05. The van der Waals surface area contributed by atoms with Crippen LogP contribution in [0.15, 0.2) is 16.8 Å². The van der Waals surface area contributed by atoms with Crippen molar-refractivity contribution >= 4 is 23.2 Å². The third-order valence-corrected chi connectivity index (χ3v) is 4.83. The first-order valence-electron chi connectivity index (χ1n) is 8.26. The molecule has 5 nitrogen and oxygen atoms in total. The highest BCUT2D eigenvalue weighted by Gasteiger charge is 2.31. The van der Waals surface area contributed by atoms with Crippen LogP contribution >= 0.6 is 11.3 Å². The molecule has 1 aromatic heterocycles. The minimum Gasteiger partial charge on any atom is -0.387 e. The first-order chi connectivity index (χ1) is 11.0. The van der Waals surface area contributed by atoms with E-state index in [1.807, 2.05) is 16.8 Å². The quantitative estimate of drug-likeness (QED) is 0.802. The monoisotopic (exact) mass is 338 g/mol. The number of thiophene rings is 1. The summed E-state index contributed by atoms with van der Waals surface area (Å²) >= 11 is 1.51. The third-order valence-electron chi connectivity index (χ3n) is 4.13. The molecule has 2 heterocycles. The molecule has 0 radical (unpaired) electrons. The molecule has 0 spiro atoms. The minimum absolute atomic E-state index is 0.0652. The van der Waals surface area contributed by atoms with Gasteiger partial charge in [-0.15, -0.1) is 0 Å². The molecule has 0 aromatic carbocycles. The van der Waals surface area contributed by atoms with Crippen LogP contribution in [0.4, 0.5) is 0 Å². The Morgan fingerprint density at radius 3 is 2.83 bits per heavy atom. The standard InChI is InChI=1S/C17H26N2O3S/c1-12(2)9-14(19-7-4-3-5-16(19)21)17(22)18-10-15(20)13-6-8-23-11-13/h6,8,11-12,14-15,20H,3-5,7,9-10H2,1-2H3,(H,18,22).